The predicted octanol–water partition coefficient (Wildman–Crippen LogP) is 6.25. The highest BCUT2D eigenvalue weighted by molar-refractivity contribution is 6.00. The number of carbonyl (C=O) groups is 2. The fourth-order valence-corrected chi connectivity index (χ4v) is 3.32. The Morgan fingerprint density at radius 3 is 2.25 bits per heavy atom. The molecule has 0 aromatic heterocycles. The van der Waals surface area contributed by atoms with E-state index in [4.69, 9.17) is 9.84 Å². The summed E-state index contributed by atoms with van der Waals surface area (Å²) in [6.07, 6.45) is -6.66. The third-order valence-electron chi connectivity index (χ3n) is 4.93. The number of aliphatic carboxylic acids is 1. The number of urea groups is 1. The molecule has 0 saturated carbocycles. The van der Waals surface area contributed by atoms with Crippen molar-refractivity contribution in [2.24, 2.45) is 0 Å². The Morgan fingerprint density at radius 2 is 1.72 bits per heavy atom. The number of carbonyl (C=O) groups excluding carboxylic acids is 1. The van der Waals surface area contributed by atoms with Crippen LogP contribution in [0.3, 0.4) is 0 Å². The molecule has 2 atom stereocenters. The molecule has 3 N–H and O–H groups in total. The van der Waals surface area contributed by atoms with Gasteiger partial charge in [0, 0.05) is 23.5 Å². The number of halogens is 3. The van der Waals surface area contributed by atoms with Gasteiger partial charge in [0.2, 0.25) is 0 Å². The fourth-order valence-electron chi connectivity index (χ4n) is 3.32. The first-order valence-corrected chi connectivity index (χ1v) is 10.2. The molecule has 2 aromatic carbocycles. The minimum absolute atomic E-state index is 0.0910. The number of ether oxygens (including phenoxy) is 1. The third-order valence-corrected chi connectivity index (χ3v) is 4.93. The fraction of sp³-hybridized carbons (Fsp3) is 0.391. The van der Waals surface area contributed by atoms with Crippen LogP contribution >= 0.6 is 0 Å². The molecule has 2 amide bonds. The third kappa shape index (κ3) is 6.98. The van der Waals surface area contributed by atoms with Gasteiger partial charge in [-0.3, -0.25) is 4.79 Å². The van der Waals surface area contributed by atoms with Crippen molar-refractivity contribution in [3.05, 3.63) is 59.2 Å². The van der Waals surface area contributed by atoms with Crippen molar-refractivity contribution in [1.29, 1.82) is 0 Å². The Labute approximate surface area is 184 Å². The minimum atomic E-state index is -4.70. The lowest BCUT2D eigenvalue weighted by atomic mass is 9.91. The van der Waals surface area contributed by atoms with Gasteiger partial charge in [-0.15, -0.1) is 0 Å². The van der Waals surface area contributed by atoms with E-state index >= 15 is 0 Å². The SMILES string of the molecule is CCO[C@@H](c1ccc(C(CC)CC(=O)O)cc1NC(=O)Nc1ccc(C)cc1)C(F)(F)F. The molecule has 0 aliphatic rings. The summed E-state index contributed by atoms with van der Waals surface area (Å²) in [5, 5.41) is 14.2. The van der Waals surface area contributed by atoms with E-state index in [2.05, 4.69) is 10.6 Å². The van der Waals surface area contributed by atoms with Crippen molar-refractivity contribution in [3.63, 3.8) is 0 Å². The summed E-state index contributed by atoms with van der Waals surface area (Å²) >= 11 is 0. The van der Waals surface area contributed by atoms with Gasteiger partial charge < -0.3 is 20.5 Å². The minimum Gasteiger partial charge on any atom is -0.481 e. The molecule has 9 heteroatoms. The Hall–Kier alpha value is -3.07. The summed E-state index contributed by atoms with van der Waals surface area (Å²) in [6, 6.07) is 10.3. The molecule has 1 unspecified atom stereocenters. The predicted molar refractivity (Wildman–Crippen MR) is 116 cm³/mol. The van der Waals surface area contributed by atoms with Crippen LogP contribution in [-0.4, -0.2) is 29.9 Å². The number of hydrogen-bond donors (Lipinski definition) is 3. The molecule has 2 aromatic rings. The van der Waals surface area contributed by atoms with Crippen LogP contribution in [0, 0.1) is 6.92 Å². The summed E-state index contributed by atoms with van der Waals surface area (Å²) in [7, 11) is 0. The van der Waals surface area contributed by atoms with E-state index in [1.807, 2.05) is 6.92 Å². The van der Waals surface area contributed by atoms with Crippen LogP contribution < -0.4 is 10.6 Å². The largest absolute Gasteiger partial charge is 0.481 e. The van der Waals surface area contributed by atoms with E-state index < -0.39 is 30.2 Å². The average molecular weight is 452 g/mol. The molecule has 0 radical (unpaired) electrons. The van der Waals surface area contributed by atoms with Crippen molar-refractivity contribution in [1.82, 2.24) is 0 Å². The van der Waals surface area contributed by atoms with Gasteiger partial charge in [-0.05, 0) is 49.9 Å². The number of carboxylic acids is 1. The number of carboxylic acid groups (broad SMARTS) is 1. The lowest BCUT2D eigenvalue weighted by Crippen LogP contribution is -2.27. The van der Waals surface area contributed by atoms with Gasteiger partial charge in [0.1, 0.15) is 0 Å². The first-order chi connectivity index (χ1) is 15.0. The van der Waals surface area contributed by atoms with Gasteiger partial charge in [0.05, 0.1) is 6.42 Å². The second kappa shape index (κ2) is 11.0. The Bertz CT molecular complexity index is 930. The molecule has 0 fully saturated rings. The first kappa shape index (κ1) is 25.2. The summed E-state index contributed by atoms with van der Waals surface area (Å²) in [5.41, 5.74) is 1.63. The molecule has 0 heterocycles. The zero-order valence-electron chi connectivity index (χ0n) is 18.1. The van der Waals surface area contributed by atoms with Crippen molar-refractivity contribution in [3.8, 4) is 0 Å². The van der Waals surface area contributed by atoms with E-state index in [1.165, 1.54) is 25.1 Å². The Kier molecular flexibility index (Phi) is 8.65. The van der Waals surface area contributed by atoms with Crippen LogP contribution in [0.5, 0.6) is 0 Å². The topological polar surface area (TPSA) is 87.7 Å². The number of benzene rings is 2. The normalized spacial score (nSPS) is 13.3. The van der Waals surface area contributed by atoms with Crippen LogP contribution in [0.2, 0.25) is 0 Å². The van der Waals surface area contributed by atoms with Crippen molar-refractivity contribution in [2.75, 3.05) is 17.2 Å². The highest BCUT2D eigenvalue weighted by Gasteiger charge is 2.43. The molecule has 0 aliphatic heterocycles. The summed E-state index contributed by atoms with van der Waals surface area (Å²) < 4.78 is 45.9. The highest BCUT2D eigenvalue weighted by atomic mass is 19.4. The van der Waals surface area contributed by atoms with Crippen LogP contribution in [0.25, 0.3) is 0 Å². The molecule has 0 aliphatic carbocycles. The lowest BCUT2D eigenvalue weighted by Gasteiger charge is -2.25. The molecule has 174 valence electrons. The van der Waals surface area contributed by atoms with Crippen molar-refractivity contribution in [2.45, 2.75) is 51.8 Å². The summed E-state index contributed by atoms with van der Waals surface area (Å²) in [6.45, 7) is 4.94. The van der Waals surface area contributed by atoms with Crippen LogP contribution in [0.4, 0.5) is 29.3 Å². The van der Waals surface area contributed by atoms with Crippen LogP contribution in [-0.2, 0) is 9.53 Å². The number of rotatable bonds is 9. The molecule has 6 nitrogen and oxygen atoms in total. The van der Waals surface area contributed by atoms with E-state index in [0.29, 0.717) is 17.7 Å². The maximum atomic E-state index is 13.7. The van der Waals surface area contributed by atoms with E-state index in [9.17, 15) is 22.8 Å². The average Bonchev–Trinajstić information content (AvgIpc) is 2.71. The molecule has 0 saturated heterocycles. The number of aryl methyl sites for hydroxylation is 1. The van der Waals surface area contributed by atoms with Gasteiger partial charge in [0.25, 0.3) is 0 Å². The number of nitrogens with one attached hydrogen (secondary N) is 2. The molecule has 32 heavy (non-hydrogen) atoms. The van der Waals surface area contributed by atoms with Crippen LogP contribution in [0.15, 0.2) is 42.5 Å². The molecular weight excluding hydrogens is 425 g/mol. The van der Waals surface area contributed by atoms with E-state index in [1.54, 1.807) is 31.2 Å². The number of amides is 2. The monoisotopic (exact) mass is 452 g/mol. The molecule has 0 spiro atoms. The second-order valence-corrected chi connectivity index (χ2v) is 7.37. The van der Waals surface area contributed by atoms with Crippen molar-refractivity contribution >= 4 is 23.4 Å². The molecule has 0 bridgehead atoms. The molecular formula is C23H27F3N2O4. The van der Waals surface area contributed by atoms with Gasteiger partial charge in [0.15, 0.2) is 6.10 Å². The Morgan fingerprint density at radius 1 is 1.06 bits per heavy atom. The second-order valence-electron chi connectivity index (χ2n) is 7.37. The molecule has 2 rings (SSSR count). The number of anilines is 2. The number of alkyl halides is 3. The highest BCUT2D eigenvalue weighted by Crippen LogP contribution is 2.40. The maximum absolute atomic E-state index is 13.7. The zero-order chi connectivity index (χ0) is 23.9. The van der Waals surface area contributed by atoms with Crippen LogP contribution in [0.1, 0.15) is 55.4 Å². The lowest BCUT2D eigenvalue weighted by molar-refractivity contribution is -0.222. The van der Waals surface area contributed by atoms with Gasteiger partial charge in [-0.25, -0.2) is 4.79 Å². The zero-order valence-corrected chi connectivity index (χ0v) is 18.1. The maximum Gasteiger partial charge on any atom is 0.418 e. The number of hydrogen-bond acceptors (Lipinski definition) is 3. The Balaban J connectivity index is 2.43. The van der Waals surface area contributed by atoms with Gasteiger partial charge >= 0.3 is 18.2 Å². The van der Waals surface area contributed by atoms with Crippen molar-refractivity contribution < 1.29 is 32.6 Å². The van der Waals surface area contributed by atoms with E-state index in [-0.39, 0.29) is 24.3 Å². The smallest absolute Gasteiger partial charge is 0.418 e. The van der Waals surface area contributed by atoms with Gasteiger partial charge in [-0.1, -0.05) is 36.8 Å². The summed E-state index contributed by atoms with van der Waals surface area (Å²) in [4.78, 5) is 23.7. The quantitative estimate of drug-likeness (QED) is 0.420. The van der Waals surface area contributed by atoms with Gasteiger partial charge in [-0.2, -0.15) is 13.2 Å². The standard InChI is InChI=1S/C23H27F3N2O4/c1-4-15(13-20(29)30)16-8-11-18(21(32-5-2)23(24,25)26)19(12-16)28-22(31)27-17-9-6-14(3)7-10-17/h6-12,15,21H,4-5,13H2,1-3H3,(H,29,30)(H2,27,28,31)/t15?,21-/m0/s1. The van der Waals surface area contributed by atoms with E-state index in [0.717, 1.165) is 5.56 Å². The first-order valence-electron chi connectivity index (χ1n) is 10.2. The summed E-state index contributed by atoms with van der Waals surface area (Å²) in [5.74, 6) is -1.44.